The Balaban J connectivity index is 2.14. The van der Waals surface area contributed by atoms with Gasteiger partial charge in [-0.15, -0.1) is 0 Å². The van der Waals surface area contributed by atoms with E-state index >= 15 is 0 Å². The summed E-state index contributed by atoms with van der Waals surface area (Å²) in [6, 6.07) is 16.0. The maximum absolute atomic E-state index is 13.1. The SMILES string of the molecule is CCN(C)C(=O)c1ccccc1[C@@H](c1cccc(O)c1)N1C[C@H](C)N(C)C[C@@H]1C. The molecule has 0 saturated carbocycles. The fourth-order valence-corrected chi connectivity index (χ4v) is 4.21. The van der Waals surface area contributed by atoms with E-state index in [9.17, 15) is 9.90 Å². The van der Waals surface area contributed by atoms with Gasteiger partial charge in [-0.25, -0.2) is 0 Å². The van der Waals surface area contributed by atoms with Gasteiger partial charge < -0.3 is 14.9 Å². The first-order valence-corrected chi connectivity index (χ1v) is 10.4. The van der Waals surface area contributed by atoms with Crippen molar-refractivity contribution in [2.45, 2.75) is 38.9 Å². The first-order valence-electron chi connectivity index (χ1n) is 10.4. The van der Waals surface area contributed by atoms with Crippen LogP contribution in [-0.4, -0.2) is 71.5 Å². The van der Waals surface area contributed by atoms with Crippen molar-refractivity contribution in [2.75, 3.05) is 33.7 Å². The molecule has 3 atom stereocenters. The molecule has 1 aliphatic heterocycles. The third kappa shape index (κ3) is 4.46. The van der Waals surface area contributed by atoms with Crippen molar-refractivity contribution in [1.29, 1.82) is 0 Å². The molecule has 2 aromatic carbocycles. The molecule has 29 heavy (non-hydrogen) atoms. The quantitative estimate of drug-likeness (QED) is 0.840. The molecule has 1 heterocycles. The number of hydrogen-bond donors (Lipinski definition) is 1. The molecule has 156 valence electrons. The highest BCUT2D eigenvalue weighted by Crippen LogP contribution is 2.36. The Hall–Kier alpha value is -2.37. The predicted octanol–water partition coefficient (Wildman–Crippen LogP) is 3.60. The molecule has 5 nitrogen and oxygen atoms in total. The fraction of sp³-hybridized carbons (Fsp3) is 0.458. The van der Waals surface area contributed by atoms with E-state index < -0.39 is 0 Å². The van der Waals surface area contributed by atoms with Gasteiger partial charge in [-0.3, -0.25) is 9.69 Å². The average molecular weight is 396 g/mol. The largest absolute Gasteiger partial charge is 0.508 e. The molecule has 1 saturated heterocycles. The summed E-state index contributed by atoms with van der Waals surface area (Å²) in [5, 5.41) is 10.2. The standard InChI is InChI=1S/C24H33N3O2/c1-6-25(4)24(29)22-13-8-7-12-21(22)23(19-10-9-11-20(28)14-19)27-16-17(2)26(5)15-18(27)3/h7-14,17-18,23,28H,6,15-16H2,1-5H3/t17-,18-,23+/m0/s1. The molecule has 1 fully saturated rings. The van der Waals surface area contributed by atoms with Gasteiger partial charge in [0, 0.05) is 44.3 Å². The van der Waals surface area contributed by atoms with Crippen LogP contribution in [0.4, 0.5) is 0 Å². The Morgan fingerprint density at radius 2 is 1.86 bits per heavy atom. The van der Waals surface area contributed by atoms with Crippen molar-refractivity contribution in [3.8, 4) is 5.75 Å². The molecular weight excluding hydrogens is 362 g/mol. The van der Waals surface area contributed by atoms with Gasteiger partial charge in [0.1, 0.15) is 5.75 Å². The average Bonchev–Trinajstić information content (AvgIpc) is 2.71. The molecule has 2 aromatic rings. The first-order chi connectivity index (χ1) is 13.8. The van der Waals surface area contributed by atoms with Crippen LogP contribution in [0.2, 0.25) is 0 Å². The van der Waals surface area contributed by atoms with Crippen LogP contribution >= 0.6 is 0 Å². The van der Waals surface area contributed by atoms with Gasteiger partial charge in [0.15, 0.2) is 0 Å². The zero-order valence-corrected chi connectivity index (χ0v) is 18.2. The Morgan fingerprint density at radius 3 is 2.55 bits per heavy atom. The van der Waals surface area contributed by atoms with Gasteiger partial charge in [0.2, 0.25) is 0 Å². The lowest BCUT2D eigenvalue weighted by atomic mass is 9.90. The van der Waals surface area contributed by atoms with E-state index in [1.54, 1.807) is 11.0 Å². The van der Waals surface area contributed by atoms with E-state index in [-0.39, 0.29) is 17.7 Å². The molecule has 0 aliphatic carbocycles. The number of likely N-dealkylation sites (N-methyl/N-ethyl adjacent to an activating group) is 1. The molecule has 5 heteroatoms. The van der Waals surface area contributed by atoms with Crippen LogP contribution < -0.4 is 0 Å². The summed E-state index contributed by atoms with van der Waals surface area (Å²) in [4.78, 5) is 19.7. The highest BCUT2D eigenvalue weighted by atomic mass is 16.3. The second-order valence-electron chi connectivity index (χ2n) is 8.24. The third-order valence-electron chi connectivity index (χ3n) is 6.17. The second kappa shape index (κ2) is 8.97. The van der Waals surface area contributed by atoms with Crippen molar-refractivity contribution in [3.05, 3.63) is 65.2 Å². The van der Waals surface area contributed by atoms with Gasteiger partial charge >= 0.3 is 0 Å². The lowest BCUT2D eigenvalue weighted by Gasteiger charge is -2.46. The van der Waals surface area contributed by atoms with Crippen LogP contribution in [0.15, 0.2) is 48.5 Å². The number of aromatic hydroxyl groups is 1. The molecule has 0 spiro atoms. The molecule has 0 unspecified atom stereocenters. The summed E-state index contributed by atoms with van der Waals surface area (Å²) < 4.78 is 0. The summed E-state index contributed by atoms with van der Waals surface area (Å²) in [6.07, 6.45) is 0. The van der Waals surface area contributed by atoms with E-state index in [2.05, 4.69) is 36.8 Å². The van der Waals surface area contributed by atoms with E-state index in [0.717, 1.165) is 29.8 Å². The Bertz CT molecular complexity index is 854. The number of carbonyl (C=O) groups is 1. The molecule has 0 radical (unpaired) electrons. The number of phenols is 1. The highest BCUT2D eigenvalue weighted by Gasteiger charge is 2.35. The Labute approximate surface area is 174 Å². The van der Waals surface area contributed by atoms with Gasteiger partial charge in [-0.05, 0) is 57.1 Å². The van der Waals surface area contributed by atoms with E-state index in [1.165, 1.54) is 0 Å². The number of amides is 1. The van der Waals surface area contributed by atoms with Crippen molar-refractivity contribution >= 4 is 5.91 Å². The summed E-state index contributed by atoms with van der Waals surface area (Å²) in [5.41, 5.74) is 2.73. The van der Waals surface area contributed by atoms with Crippen LogP contribution in [0.5, 0.6) is 5.75 Å². The minimum atomic E-state index is -0.0985. The topological polar surface area (TPSA) is 47.0 Å². The van der Waals surface area contributed by atoms with Crippen molar-refractivity contribution < 1.29 is 9.90 Å². The van der Waals surface area contributed by atoms with Gasteiger partial charge in [-0.2, -0.15) is 0 Å². The number of benzene rings is 2. The van der Waals surface area contributed by atoms with Gasteiger partial charge in [0.25, 0.3) is 5.91 Å². The smallest absolute Gasteiger partial charge is 0.253 e. The van der Waals surface area contributed by atoms with Gasteiger partial charge in [0.05, 0.1) is 6.04 Å². The minimum Gasteiger partial charge on any atom is -0.508 e. The van der Waals surface area contributed by atoms with Crippen molar-refractivity contribution in [3.63, 3.8) is 0 Å². The normalized spacial score (nSPS) is 21.7. The fourth-order valence-electron chi connectivity index (χ4n) is 4.21. The van der Waals surface area contributed by atoms with Crippen LogP contribution in [0.3, 0.4) is 0 Å². The molecule has 0 bridgehead atoms. The molecule has 1 N–H and O–H groups in total. The number of carbonyl (C=O) groups excluding carboxylic acids is 1. The zero-order chi connectivity index (χ0) is 21.1. The number of phenolic OH excluding ortho intramolecular Hbond substituents is 1. The van der Waals surface area contributed by atoms with Crippen molar-refractivity contribution in [2.24, 2.45) is 0 Å². The minimum absolute atomic E-state index is 0.0306. The lowest BCUT2D eigenvalue weighted by molar-refractivity contribution is 0.0384. The van der Waals surface area contributed by atoms with Crippen LogP contribution in [0.1, 0.15) is 48.3 Å². The van der Waals surface area contributed by atoms with E-state index in [0.29, 0.717) is 18.6 Å². The number of hydrogen-bond acceptors (Lipinski definition) is 4. The summed E-state index contributed by atoms with van der Waals surface area (Å²) in [6.45, 7) is 8.97. The summed E-state index contributed by atoms with van der Waals surface area (Å²) >= 11 is 0. The summed E-state index contributed by atoms with van der Waals surface area (Å²) in [5.74, 6) is 0.278. The zero-order valence-electron chi connectivity index (χ0n) is 18.2. The maximum atomic E-state index is 13.1. The molecule has 0 aromatic heterocycles. The molecule has 3 rings (SSSR count). The Morgan fingerprint density at radius 1 is 1.14 bits per heavy atom. The molecule has 1 amide bonds. The second-order valence-corrected chi connectivity index (χ2v) is 8.24. The Kier molecular flexibility index (Phi) is 6.60. The number of rotatable bonds is 5. The van der Waals surface area contributed by atoms with Crippen molar-refractivity contribution in [1.82, 2.24) is 14.7 Å². The number of piperazine rings is 1. The lowest BCUT2D eigenvalue weighted by Crippen LogP contribution is -2.56. The molecule has 1 aliphatic rings. The van der Waals surface area contributed by atoms with E-state index in [4.69, 9.17) is 0 Å². The monoisotopic (exact) mass is 395 g/mol. The van der Waals surface area contributed by atoms with Crippen LogP contribution in [-0.2, 0) is 0 Å². The number of nitrogens with zero attached hydrogens (tertiary/aromatic N) is 3. The molecular formula is C24H33N3O2. The van der Waals surface area contributed by atoms with E-state index in [1.807, 2.05) is 50.4 Å². The third-order valence-corrected chi connectivity index (χ3v) is 6.17. The highest BCUT2D eigenvalue weighted by molar-refractivity contribution is 5.95. The van der Waals surface area contributed by atoms with Gasteiger partial charge in [-0.1, -0.05) is 30.3 Å². The van der Waals surface area contributed by atoms with Crippen LogP contribution in [0.25, 0.3) is 0 Å². The van der Waals surface area contributed by atoms with Crippen LogP contribution in [0, 0.1) is 0 Å². The maximum Gasteiger partial charge on any atom is 0.253 e. The first kappa shape index (κ1) is 21.3. The predicted molar refractivity (Wildman–Crippen MR) is 117 cm³/mol. The summed E-state index contributed by atoms with van der Waals surface area (Å²) in [7, 11) is 4.00.